The number of carbonyl (C=O) groups excluding carboxylic acids is 2. The molecule has 0 atom stereocenters. The molecule has 0 aliphatic heterocycles. The zero-order chi connectivity index (χ0) is 15.9. The summed E-state index contributed by atoms with van der Waals surface area (Å²) < 4.78 is 0. The largest absolute Gasteiger partial charge is 0.333 e. The summed E-state index contributed by atoms with van der Waals surface area (Å²) in [4.78, 5) is 31.3. The second-order valence-corrected chi connectivity index (χ2v) is 5.40. The van der Waals surface area contributed by atoms with E-state index in [-0.39, 0.29) is 59.1 Å². The van der Waals surface area contributed by atoms with Gasteiger partial charge in [-0.2, -0.15) is 0 Å². The second kappa shape index (κ2) is 20.9. The number of hydroxylamine groups is 2. The molecule has 23 heavy (non-hydrogen) atoms. The van der Waals surface area contributed by atoms with E-state index in [9.17, 15) is 9.59 Å². The number of nitrogens with zero attached hydrogens (tertiary/aromatic N) is 1. The summed E-state index contributed by atoms with van der Waals surface area (Å²) in [6.45, 7) is 5.23. The first-order chi connectivity index (χ1) is 10.1. The third-order valence-corrected chi connectivity index (χ3v) is 3.15. The zero-order valence-electron chi connectivity index (χ0n) is 15.9. The van der Waals surface area contributed by atoms with Crippen molar-refractivity contribution in [2.75, 3.05) is 6.54 Å². The first-order valence-electron chi connectivity index (χ1n) is 8.20. The Kier molecular flexibility index (Phi) is 26.1. The van der Waals surface area contributed by atoms with Gasteiger partial charge < -0.3 is 9.68 Å². The number of hydrogen-bond acceptors (Lipinski definition) is 5. The van der Waals surface area contributed by atoms with Crippen LogP contribution in [0.3, 0.4) is 0 Å². The summed E-state index contributed by atoms with van der Waals surface area (Å²) in [6.07, 6.45) is 12.3. The second-order valence-electron chi connectivity index (χ2n) is 5.40. The molecule has 0 heterocycles. The van der Waals surface area contributed by atoms with Crippen molar-refractivity contribution < 1.29 is 19.3 Å². The van der Waals surface area contributed by atoms with Crippen LogP contribution in [-0.4, -0.2) is 82.8 Å². The number of unbranched alkanes of at least 4 members (excludes halogenated alkanes) is 9. The molecule has 0 aromatic carbocycles. The van der Waals surface area contributed by atoms with E-state index >= 15 is 0 Å². The van der Waals surface area contributed by atoms with Crippen LogP contribution in [0.4, 0.5) is 0 Å². The Balaban J connectivity index is -0.00000200. The molecule has 0 rings (SSSR count). The van der Waals surface area contributed by atoms with E-state index in [0.29, 0.717) is 6.54 Å². The van der Waals surface area contributed by atoms with E-state index in [0.717, 1.165) is 18.1 Å². The van der Waals surface area contributed by atoms with E-state index in [1.54, 1.807) is 0 Å². The fraction of sp³-hybridized carbons (Fsp3) is 0.875. The zero-order valence-corrected chi connectivity index (χ0v) is 19.9. The Hall–Kier alpha value is 0.900. The van der Waals surface area contributed by atoms with Crippen LogP contribution in [0.5, 0.6) is 0 Å². The van der Waals surface area contributed by atoms with Crippen LogP contribution in [0.1, 0.15) is 85.0 Å². The van der Waals surface area contributed by atoms with Crippen LogP contribution < -0.4 is 0 Å². The van der Waals surface area contributed by atoms with Gasteiger partial charge in [-0.15, -0.1) is 0 Å². The van der Waals surface area contributed by atoms with Crippen molar-refractivity contribution in [3.05, 3.63) is 0 Å². The Bertz CT molecular complexity index is 275. The third kappa shape index (κ3) is 22.9. The standard InChI is InChI=1S/C16H31NO4.2Na/c1-4-5-6-7-8-9-10-11-12-13-14-17(20-15(2)18)21-16(3)19;;/h4-14H2,1-3H3;;. The van der Waals surface area contributed by atoms with Crippen molar-refractivity contribution in [3.8, 4) is 0 Å². The van der Waals surface area contributed by atoms with Gasteiger partial charge in [0.2, 0.25) is 0 Å². The molecule has 0 saturated carbocycles. The monoisotopic (exact) mass is 347 g/mol. The molecule has 0 saturated heterocycles. The van der Waals surface area contributed by atoms with Gasteiger partial charge in [0.15, 0.2) is 0 Å². The van der Waals surface area contributed by atoms with Gasteiger partial charge >= 0.3 is 11.9 Å². The van der Waals surface area contributed by atoms with Gasteiger partial charge in [-0.1, -0.05) is 64.7 Å². The van der Waals surface area contributed by atoms with E-state index in [1.165, 1.54) is 65.2 Å². The molecule has 0 N–H and O–H groups in total. The first kappa shape index (κ1) is 28.7. The molecule has 0 aliphatic carbocycles. The summed E-state index contributed by atoms with van der Waals surface area (Å²) in [6, 6.07) is 0. The van der Waals surface area contributed by atoms with E-state index in [4.69, 9.17) is 9.68 Å². The molecule has 0 spiro atoms. The van der Waals surface area contributed by atoms with Gasteiger partial charge in [-0.25, -0.2) is 0 Å². The van der Waals surface area contributed by atoms with Gasteiger partial charge in [-0.3, -0.25) is 9.59 Å². The van der Waals surface area contributed by atoms with E-state index in [1.807, 2.05) is 0 Å². The maximum absolute atomic E-state index is 10.9. The molecular formula is C16H31NNa2O4. The van der Waals surface area contributed by atoms with Gasteiger partial charge in [0, 0.05) is 78.2 Å². The minimum atomic E-state index is -0.483. The van der Waals surface area contributed by atoms with Crippen LogP contribution in [-0.2, 0) is 19.3 Å². The maximum atomic E-state index is 10.9. The van der Waals surface area contributed by atoms with E-state index < -0.39 is 11.9 Å². The Labute approximate surface area is 185 Å². The predicted molar refractivity (Wildman–Crippen MR) is 93.6 cm³/mol. The SMILES string of the molecule is CCCCCCCCCCCCN(OC(C)=O)OC(C)=O.[Na].[Na]. The average Bonchev–Trinajstić information content (AvgIpc) is 2.39. The molecule has 5 nitrogen and oxygen atoms in total. The van der Waals surface area contributed by atoms with Gasteiger partial charge in [0.05, 0.1) is 6.54 Å². The van der Waals surface area contributed by atoms with Crippen LogP contribution in [0, 0.1) is 0 Å². The van der Waals surface area contributed by atoms with Crippen molar-refractivity contribution in [3.63, 3.8) is 0 Å². The topological polar surface area (TPSA) is 55.8 Å². The number of hydrogen-bond donors (Lipinski definition) is 0. The smallest absolute Gasteiger partial charge is 0.326 e. The molecule has 2 radical (unpaired) electrons. The predicted octanol–water partition coefficient (Wildman–Crippen LogP) is 3.40. The summed E-state index contributed by atoms with van der Waals surface area (Å²) in [5.41, 5.74) is 0. The van der Waals surface area contributed by atoms with Crippen molar-refractivity contribution in [2.24, 2.45) is 0 Å². The van der Waals surface area contributed by atoms with Crippen LogP contribution in [0.2, 0.25) is 0 Å². The van der Waals surface area contributed by atoms with Crippen molar-refractivity contribution in [2.45, 2.75) is 85.0 Å². The fourth-order valence-corrected chi connectivity index (χ4v) is 2.13. The average molecular weight is 347 g/mol. The maximum Gasteiger partial charge on any atom is 0.326 e. The third-order valence-electron chi connectivity index (χ3n) is 3.15. The van der Waals surface area contributed by atoms with Crippen LogP contribution in [0.15, 0.2) is 0 Å². The molecule has 0 fully saturated rings. The minimum absolute atomic E-state index is 0. The van der Waals surface area contributed by atoms with Crippen LogP contribution in [0.25, 0.3) is 0 Å². The minimum Gasteiger partial charge on any atom is -0.333 e. The molecule has 0 aromatic rings. The quantitative estimate of drug-likeness (QED) is 0.290. The normalized spacial score (nSPS) is 9.74. The molecule has 0 aliphatic rings. The van der Waals surface area contributed by atoms with E-state index in [2.05, 4.69) is 6.92 Å². The molecular weight excluding hydrogens is 316 g/mol. The summed E-state index contributed by atoms with van der Waals surface area (Å²) in [7, 11) is 0. The molecule has 0 aromatic heterocycles. The Morgan fingerprint density at radius 2 is 1.04 bits per heavy atom. The van der Waals surface area contributed by atoms with Gasteiger partial charge in [0.1, 0.15) is 0 Å². The molecule has 0 unspecified atom stereocenters. The van der Waals surface area contributed by atoms with Crippen molar-refractivity contribution in [1.82, 2.24) is 5.23 Å². The van der Waals surface area contributed by atoms with Crippen molar-refractivity contribution >= 4 is 71.1 Å². The molecule has 0 bridgehead atoms. The first-order valence-corrected chi connectivity index (χ1v) is 8.20. The fourth-order valence-electron chi connectivity index (χ4n) is 2.13. The number of carbonyl (C=O) groups is 2. The van der Waals surface area contributed by atoms with Crippen LogP contribution >= 0.6 is 0 Å². The van der Waals surface area contributed by atoms with Gasteiger partial charge in [0.25, 0.3) is 0 Å². The summed E-state index contributed by atoms with van der Waals surface area (Å²) in [5.74, 6) is -0.966. The number of rotatable bonds is 13. The van der Waals surface area contributed by atoms with Crippen molar-refractivity contribution in [1.29, 1.82) is 0 Å². The molecule has 126 valence electrons. The van der Waals surface area contributed by atoms with Gasteiger partial charge in [-0.05, 0) is 6.42 Å². The summed E-state index contributed by atoms with van der Waals surface area (Å²) >= 11 is 0. The Morgan fingerprint density at radius 1 is 0.696 bits per heavy atom. The Morgan fingerprint density at radius 3 is 1.39 bits per heavy atom. The summed E-state index contributed by atoms with van der Waals surface area (Å²) in [5, 5.41) is 0.982. The molecule has 7 heteroatoms. The molecule has 0 amide bonds.